The highest BCUT2D eigenvalue weighted by molar-refractivity contribution is 5.10. The Morgan fingerprint density at radius 1 is 1.35 bits per heavy atom. The van der Waals surface area contributed by atoms with Crippen LogP contribution < -0.4 is 5.73 Å². The maximum absolute atomic E-state index is 6.11. The molecule has 0 saturated carbocycles. The van der Waals surface area contributed by atoms with Crippen molar-refractivity contribution in [2.24, 2.45) is 5.73 Å². The molecule has 1 aliphatic heterocycles. The molecule has 1 aromatic rings. The minimum absolute atomic E-state index is 0.230. The normalized spacial score (nSPS) is 25.8. The van der Waals surface area contributed by atoms with Crippen LogP contribution >= 0.6 is 0 Å². The number of aryl methyl sites for hydroxylation is 1. The van der Waals surface area contributed by atoms with Crippen molar-refractivity contribution in [3.63, 3.8) is 0 Å². The summed E-state index contributed by atoms with van der Waals surface area (Å²) in [7, 11) is 0. The molecule has 0 aromatic carbocycles. The lowest BCUT2D eigenvalue weighted by atomic mass is 9.95. The van der Waals surface area contributed by atoms with Gasteiger partial charge < -0.3 is 10.2 Å². The third kappa shape index (κ3) is 2.72. The molecule has 2 N–H and O–H groups in total. The lowest BCUT2D eigenvalue weighted by Crippen LogP contribution is -2.49. The molecule has 96 valence electrons. The van der Waals surface area contributed by atoms with Crippen LogP contribution in [-0.2, 0) is 0 Å². The van der Waals surface area contributed by atoms with Crippen LogP contribution in [0.1, 0.15) is 50.7 Å². The Bertz CT molecular complexity index is 359. The third-order valence-corrected chi connectivity index (χ3v) is 3.87. The van der Waals surface area contributed by atoms with Crippen LogP contribution in [0, 0.1) is 6.92 Å². The van der Waals surface area contributed by atoms with Crippen molar-refractivity contribution in [3.8, 4) is 0 Å². The van der Waals surface area contributed by atoms with E-state index in [9.17, 15) is 0 Å². The molecule has 2 rings (SSSR count). The monoisotopic (exact) mass is 236 g/mol. The van der Waals surface area contributed by atoms with E-state index in [-0.39, 0.29) is 6.04 Å². The molecular formula is C14H24N2O. The molecule has 3 heteroatoms. The van der Waals surface area contributed by atoms with Crippen LogP contribution in [0.4, 0.5) is 0 Å². The van der Waals surface area contributed by atoms with Gasteiger partial charge in [-0.15, -0.1) is 0 Å². The van der Waals surface area contributed by atoms with Crippen LogP contribution in [-0.4, -0.2) is 23.5 Å². The predicted molar refractivity (Wildman–Crippen MR) is 69.9 cm³/mol. The molecular weight excluding hydrogens is 212 g/mol. The van der Waals surface area contributed by atoms with Gasteiger partial charge in [0, 0.05) is 12.1 Å². The number of furan rings is 1. The van der Waals surface area contributed by atoms with Crippen molar-refractivity contribution in [1.82, 2.24) is 4.90 Å². The van der Waals surface area contributed by atoms with Crippen LogP contribution in [0.2, 0.25) is 0 Å². The number of piperidine rings is 1. The number of nitrogens with zero attached hydrogens (tertiary/aromatic N) is 1. The van der Waals surface area contributed by atoms with E-state index in [0.717, 1.165) is 18.1 Å². The van der Waals surface area contributed by atoms with Crippen molar-refractivity contribution in [2.75, 3.05) is 6.54 Å². The quantitative estimate of drug-likeness (QED) is 0.877. The van der Waals surface area contributed by atoms with E-state index < -0.39 is 0 Å². The summed E-state index contributed by atoms with van der Waals surface area (Å²) in [5.74, 6) is 2.05. The largest absolute Gasteiger partial charge is 0.465 e. The molecule has 1 fully saturated rings. The smallest absolute Gasteiger partial charge is 0.121 e. The van der Waals surface area contributed by atoms with E-state index >= 15 is 0 Å². The summed E-state index contributed by atoms with van der Waals surface area (Å²) in [6.45, 7) is 7.46. The Balaban J connectivity index is 2.13. The molecule has 2 heterocycles. The molecule has 1 aromatic heterocycles. The first kappa shape index (κ1) is 12.7. The Morgan fingerprint density at radius 2 is 2.12 bits per heavy atom. The second-order valence-electron chi connectivity index (χ2n) is 5.28. The Labute approximate surface area is 104 Å². The highest BCUT2D eigenvalue weighted by Crippen LogP contribution is 2.30. The maximum Gasteiger partial charge on any atom is 0.121 e. The summed E-state index contributed by atoms with van der Waals surface area (Å²) >= 11 is 0. The Hall–Kier alpha value is -0.800. The number of rotatable bonds is 3. The van der Waals surface area contributed by atoms with Crippen molar-refractivity contribution in [3.05, 3.63) is 23.7 Å². The number of hydrogen-bond donors (Lipinski definition) is 1. The van der Waals surface area contributed by atoms with Crippen LogP contribution in [0.25, 0.3) is 0 Å². The van der Waals surface area contributed by atoms with Crippen molar-refractivity contribution in [1.29, 1.82) is 0 Å². The van der Waals surface area contributed by atoms with Gasteiger partial charge in [0.15, 0.2) is 0 Å². The summed E-state index contributed by atoms with van der Waals surface area (Å²) in [6, 6.07) is 5.18. The van der Waals surface area contributed by atoms with Gasteiger partial charge in [0.2, 0.25) is 0 Å². The van der Waals surface area contributed by atoms with Crippen molar-refractivity contribution >= 4 is 0 Å². The first-order valence-corrected chi connectivity index (χ1v) is 6.67. The summed E-state index contributed by atoms with van der Waals surface area (Å²) < 4.78 is 5.74. The standard InChI is InChI=1S/C14H24N2O/c1-10-7-8-14(17-10)12(3)16-9-5-4-6-13(16)11(2)15/h7-8,11-13H,4-6,9,15H2,1-3H3. The lowest BCUT2D eigenvalue weighted by Gasteiger charge is -2.41. The number of likely N-dealkylation sites (tertiary alicyclic amines) is 1. The minimum atomic E-state index is 0.230. The Kier molecular flexibility index (Phi) is 3.89. The van der Waals surface area contributed by atoms with Gasteiger partial charge in [-0.25, -0.2) is 0 Å². The topological polar surface area (TPSA) is 42.4 Å². The maximum atomic E-state index is 6.11. The zero-order chi connectivity index (χ0) is 12.4. The molecule has 0 aliphatic carbocycles. The van der Waals surface area contributed by atoms with Crippen LogP contribution in [0.3, 0.4) is 0 Å². The molecule has 3 atom stereocenters. The fourth-order valence-corrected chi connectivity index (χ4v) is 2.87. The molecule has 0 spiro atoms. The van der Waals surface area contributed by atoms with E-state index in [1.54, 1.807) is 0 Å². The van der Waals surface area contributed by atoms with E-state index in [4.69, 9.17) is 10.2 Å². The van der Waals surface area contributed by atoms with Gasteiger partial charge in [-0.2, -0.15) is 0 Å². The molecule has 17 heavy (non-hydrogen) atoms. The van der Waals surface area contributed by atoms with Gasteiger partial charge in [-0.3, -0.25) is 4.90 Å². The molecule has 0 radical (unpaired) electrons. The average Bonchev–Trinajstić information content (AvgIpc) is 2.75. The fourth-order valence-electron chi connectivity index (χ4n) is 2.87. The third-order valence-electron chi connectivity index (χ3n) is 3.87. The van der Waals surface area contributed by atoms with Gasteiger partial charge in [0.05, 0.1) is 6.04 Å². The van der Waals surface area contributed by atoms with E-state index in [1.165, 1.54) is 19.3 Å². The van der Waals surface area contributed by atoms with Gasteiger partial charge >= 0.3 is 0 Å². The van der Waals surface area contributed by atoms with E-state index in [0.29, 0.717) is 12.1 Å². The second-order valence-corrected chi connectivity index (χ2v) is 5.28. The van der Waals surface area contributed by atoms with Crippen molar-refractivity contribution in [2.45, 2.75) is 58.2 Å². The average molecular weight is 236 g/mol. The van der Waals surface area contributed by atoms with Gasteiger partial charge in [-0.05, 0) is 52.3 Å². The first-order valence-electron chi connectivity index (χ1n) is 6.67. The van der Waals surface area contributed by atoms with Gasteiger partial charge in [0.25, 0.3) is 0 Å². The van der Waals surface area contributed by atoms with Crippen molar-refractivity contribution < 1.29 is 4.42 Å². The summed E-state index contributed by atoms with van der Waals surface area (Å²) in [5, 5.41) is 0. The molecule has 3 nitrogen and oxygen atoms in total. The van der Waals surface area contributed by atoms with Crippen LogP contribution in [0.15, 0.2) is 16.5 Å². The summed E-state index contributed by atoms with van der Waals surface area (Å²) in [5.41, 5.74) is 6.11. The fraction of sp³-hybridized carbons (Fsp3) is 0.714. The SMILES string of the molecule is Cc1ccc(C(C)N2CCCCC2C(C)N)o1. The second kappa shape index (κ2) is 5.23. The summed E-state index contributed by atoms with van der Waals surface area (Å²) in [4.78, 5) is 2.51. The lowest BCUT2D eigenvalue weighted by molar-refractivity contribution is 0.0780. The van der Waals surface area contributed by atoms with Gasteiger partial charge in [-0.1, -0.05) is 6.42 Å². The highest BCUT2D eigenvalue weighted by Gasteiger charge is 2.30. The first-order chi connectivity index (χ1) is 8.09. The van der Waals surface area contributed by atoms with Crippen LogP contribution in [0.5, 0.6) is 0 Å². The highest BCUT2D eigenvalue weighted by atomic mass is 16.3. The minimum Gasteiger partial charge on any atom is -0.465 e. The number of nitrogens with two attached hydrogens (primary N) is 1. The zero-order valence-electron chi connectivity index (χ0n) is 11.1. The predicted octanol–water partition coefficient (Wildman–Crippen LogP) is 2.85. The van der Waals surface area contributed by atoms with Gasteiger partial charge in [0.1, 0.15) is 11.5 Å². The van der Waals surface area contributed by atoms with E-state index in [2.05, 4.69) is 24.8 Å². The molecule has 0 bridgehead atoms. The molecule has 1 saturated heterocycles. The Morgan fingerprint density at radius 3 is 2.71 bits per heavy atom. The molecule has 1 aliphatic rings. The zero-order valence-corrected chi connectivity index (χ0v) is 11.1. The van der Waals surface area contributed by atoms with E-state index in [1.807, 2.05) is 13.0 Å². The molecule has 0 amide bonds. The molecule has 3 unspecified atom stereocenters. The number of hydrogen-bond acceptors (Lipinski definition) is 3. The summed E-state index contributed by atoms with van der Waals surface area (Å²) in [6.07, 6.45) is 3.78.